The number of benzene rings is 5. The summed E-state index contributed by atoms with van der Waals surface area (Å²) in [5.41, 5.74) is 1.14. The largest absolute Gasteiger partial charge is 0.384 e. The molecular formula is C38H31NO2. The number of aliphatic hydroxyl groups is 1. The van der Waals surface area contributed by atoms with E-state index in [1.807, 2.05) is 140 Å². The van der Waals surface area contributed by atoms with Crippen LogP contribution < -0.4 is 0 Å². The zero-order valence-electron chi connectivity index (χ0n) is 22.7. The van der Waals surface area contributed by atoms with Gasteiger partial charge in [0.1, 0.15) is 5.60 Å². The van der Waals surface area contributed by atoms with Crippen LogP contribution in [0.25, 0.3) is 0 Å². The molecule has 0 aliphatic heterocycles. The lowest BCUT2D eigenvalue weighted by molar-refractivity contribution is -0.0738. The van der Waals surface area contributed by atoms with Crippen LogP contribution in [0.5, 0.6) is 0 Å². The maximum absolute atomic E-state index is 14.8. The average Bonchev–Trinajstić information content (AvgIpc) is 3.06. The normalized spacial score (nSPS) is 25.6. The molecule has 3 nitrogen and oxygen atoms in total. The molecule has 5 aromatic rings. The van der Waals surface area contributed by atoms with E-state index in [1.165, 1.54) is 0 Å². The Morgan fingerprint density at radius 2 is 1.07 bits per heavy atom. The Labute approximate surface area is 241 Å². The lowest BCUT2D eigenvalue weighted by Crippen LogP contribution is -2.58. The predicted molar refractivity (Wildman–Crippen MR) is 161 cm³/mol. The van der Waals surface area contributed by atoms with Gasteiger partial charge in [-0.15, -0.1) is 0 Å². The van der Waals surface area contributed by atoms with Crippen molar-refractivity contribution in [1.29, 1.82) is 5.26 Å². The highest BCUT2D eigenvalue weighted by atomic mass is 16.3. The van der Waals surface area contributed by atoms with E-state index in [-0.39, 0.29) is 12.2 Å². The summed E-state index contributed by atoms with van der Waals surface area (Å²) in [4.78, 5) is 14.8. The molecule has 1 saturated carbocycles. The van der Waals surface area contributed by atoms with Gasteiger partial charge in [0.05, 0.1) is 17.4 Å². The third kappa shape index (κ3) is 4.47. The molecule has 1 N–H and O–H groups in total. The first kappa shape index (κ1) is 26.4. The molecule has 5 atom stereocenters. The molecule has 0 unspecified atom stereocenters. The number of nitrogens with zero attached hydrogens (tertiary/aromatic N) is 1. The summed E-state index contributed by atoms with van der Waals surface area (Å²) >= 11 is 0. The van der Waals surface area contributed by atoms with Crippen LogP contribution in [-0.4, -0.2) is 10.9 Å². The number of carbonyl (C=O) groups is 1. The molecule has 0 bridgehead atoms. The lowest BCUT2D eigenvalue weighted by atomic mass is 9.46. The Kier molecular flexibility index (Phi) is 7.10. The predicted octanol–water partition coefficient (Wildman–Crippen LogP) is 7.81. The van der Waals surface area contributed by atoms with Gasteiger partial charge in [-0.3, -0.25) is 4.79 Å². The Bertz CT molecular complexity index is 1650. The maximum Gasteiger partial charge on any atom is 0.169 e. The van der Waals surface area contributed by atoms with Crippen molar-refractivity contribution >= 4 is 5.78 Å². The summed E-state index contributed by atoms with van der Waals surface area (Å²) in [5.74, 6) is -2.18. The minimum atomic E-state index is -1.55. The summed E-state index contributed by atoms with van der Waals surface area (Å²) < 4.78 is 0. The van der Waals surface area contributed by atoms with Crippen molar-refractivity contribution in [3.05, 3.63) is 179 Å². The second kappa shape index (κ2) is 11.0. The number of nitriles is 1. The third-order valence-electron chi connectivity index (χ3n) is 8.81. The second-order valence-corrected chi connectivity index (χ2v) is 10.9. The first-order valence-electron chi connectivity index (χ1n) is 14.0. The van der Waals surface area contributed by atoms with Gasteiger partial charge in [-0.25, -0.2) is 0 Å². The quantitative estimate of drug-likeness (QED) is 0.227. The molecule has 1 aliphatic carbocycles. The van der Waals surface area contributed by atoms with Gasteiger partial charge < -0.3 is 5.11 Å². The number of hydrogen-bond acceptors (Lipinski definition) is 3. The Balaban J connectivity index is 1.73. The van der Waals surface area contributed by atoms with E-state index >= 15 is 0 Å². The highest BCUT2D eigenvalue weighted by molar-refractivity contribution is 6.00. The van der Waals surface area contributed by atoms with Gasteiger partial charge in [-0.2, -0.15) is 5.26 Å². The summed E-state index contributed by atoms with van der Waals surface area (Å²) in [7, 11) is 0. The van der Waals surface area contributed by atoms with Gasteiger partial charge in [-0.05, 0) is 28.7 Å². The fourth-order valence-electron chi connectivity index (χ4n) is 7.02. The van der Waals surface area contributed by atoms with E-state index in [0.29, 0.717) is 11.1 Å². The minimum Gasteiger partial charge on any atom is -0.384 e. The van der Waals surface area contributed by atoms with E-state index in [0.717, 1.165) is 16.7 Å². The molecular weight excluding hydrogens is 502 g/mol. The van der Waals surface area contributed by atoms with Gasteiger partial charge >= 0.3 is 0 Å². The molecule has 6 rings (SSSR count). The zero-order valence-corrected chi connectivity index (χ0v) is 22.7. The summed E-state index contributed by atoms with van der Waals surface area (Å²) in [5, 5.41) is 24.5. The molecule has 41 heavy (non-hydrogen) atoms. The van der Waals surface area contributed by atoms with Crippen molar-refractivity contribution in [1.82, 2.24) is 0 Å². The Hall–Kier alpha value is -4.78. The van der Waals surface area contributed by atoms with E-state index in [2.05, 4.69) is 6.07 Å². The monoisotopic (exact) mass is 533 g/mol. The van der Waals surface area contributed by atoms with Crippen molar-refractivity contribution in [2.24, 2.45) is 5.92 Å². The van der Waals surface area contributed by atoms with Crippen LogP contribution in [0.1, 0.15) is 50.9 Å². The van der Waals surface area contributed by atoms with Crippen LogP contribution in [0.15, 0.2) is 152 Å². The van der Waals surface area contributed by atoms with Gasteiger partial charge in [0.2, 0.25) is 0 Å². The standard InChI is InChI=1S/C38H31NO2/c39-27-37(31-22-12-4-13-23-31)33(28-16-6-1-7-17-28)26-38(41,32-24-14-5-15-25-32)35(34(37)29-18-8-2-9-19-29)36(40)30-20-10-3-11-21-30/h1-25,33-35,41H,26H2/t33-,34-,35-,37-,38+/m0/s1. The van der Waals surface area contributed by atoms with Crippen molar-refractivity contribution in [3.8, 4) is 6.07 Å². The highest BCUT2D eigenvalue weighted by Crippen LogP contribution is 2.63. The fourth-order valence-corrected chi connectivity index (χ4v) is 7.02. The number of hydrogen-bond donors (Lipinski definition) is 1. The molecule has 1 fully saturated rings. The molecule has 0 saturated heterocycles. The lowest BCUT2D eigenvalue weighted by Gasteiger charge is -2.56. The van der Waals surface area contributed by atoms with Gasteiger partial charge in [0.15, 0.2) is 5.78 Å². The second-order valence-electron chi connectivity index (χ2n) is 10.9. The first-order valence-corrected chi connectivity index (χ1v) is 14.0. The molecule has 0 aromatic heterocycles. The molecule has 0 radical (unpaired) electrons. The SMILES string of the molecule is N#C[C@]1(c2ccccc2)[C@H](c2ccccc2)C[C@@](O)(c2ccccc2)[C@H](C(=O)c2ccccc2)[C@@H]1c1ccccc1. The number of ketones is 1. The molecule has 200 valence electrons. The first-order chi connectivity index (χ1) is 20.1. The summed E-state index contributed by atoms with van der Waals surface area (Å²) in [6.45, 7) is 0. The number of Topliss-reactive ketones (excluding diaryl/α,β-unsaturated/α-hetero) is 1. The zero-order chi connectivity index (χ0) is 28.3. The highest BCUT2D eigenvalue weighted by Gasteiger charge is 2.64. The van der Waals surface area contributed by atoms with Crippen molar-refractivity contribution in [3.63, 3.8) is 0 Å². The van der Waals surface area contributed by atoms with E-state index in [9.17, 15) is 15.2 Å². The van der Waals surface area contributed by atoms with Crippen LogP contribution in [0.2, 0.25) is 0 Å². The third-order valence-corrected chi connectivity index (χ3v) is 8.81. The Morgan fingerprint density at radius 3 is 1.59 bits per heavy atom. The molecule has 0 heterocycles. The van der Waals surface area contributed by atoms with Crippen molar-refractivity contribution < 1.29 is 9.90 Å². The minimum absolute atomic E-state index is 0.173. The van der Waals surface area contributed by atoms with Crippen molar-refractivity contribution in [2.45, 2.75) is 29.3 Å². The van der Waals surface area contributed by atoms with Crippen LogP contribution in [0.3, 0.4) is 0 Å². The van der Waals surface area contributed by atoms with Gasteiger partial charge in [-0.1, -0.05) is 152 Å². The van der Waals surface area contributed by atoms with E-state index in [1.54, 1.807) is 12.1 Å². The van der Waals surface area contributed by atoms with Crippen LogP contribution in [0.4, 0.5) is 0 Å². The fraction of sp³-hybridized carbons (Fsp3) is 0.158. The molecule has 3 heteroatoms. The van der Waals surface area contributed by atoms with Gasteiger partial charge in [0.25, 0.3) is 0 Å². The average molecular weight is 534 g/mol. The van der Waals surface area contributed by atoms with E-state index in [4.69, 9.17) is 0 Å². The topological polar surface area (TPSA) is 61.1 Å². The molecule has 1 aliphatic rings. The van der Waals surface area contributed by atoms with Crippen LogP contribution >= 0.6 is 0 Å². The molecule has 0 amide bonds. The van der Waals surface area contributed by atoms with Crippen LogP contribution in [0, 0.1) is 17.2 Å². The Morgan fingerprint density at radius 1 is 0.634 bits per heavy atom. The molecule has 5 aromatic carbocycles. The number of rotatable bonds is 6. The molecule has 0 spiro atoms. The smallest absolute Gasteiger partial charge is 0.169 e. The maximum atomic E-state index is 14.8. The van der Waals surface area contributed by atoms with Crippen molar-refractivity contribution in [2.75, 3.05) is 0 Å². The summed E-state index contributed by atoms with van der Waals surface area (Å²) in [6.07, 6.45) is 0.204. The van der Waals surface area contributed by atoms with E-state index < -0.39 is 28.8 Å². The van der Waals surface area contributed by atoms with Gasteiger partial charge in [0, 0.05) is 17.4 Å². The summed E-state index contributed by atoms with van der Waals surface area (Å²) in [6, 6.07) is 51.1. The number of carbonyl (C=O) groups excluding carboxylic acids is 1. The van der Waals surface area contributed by atoms with Crippen LogP contribution in [-0.2, 0) is 11.0 Å².